The van der Waals surface area contributed by atoms with E-state index >= 15 is 0 Å². The van der Waals surface area contributed by atoms with E-state index in [1.54, 1.807) is 0 Å². The van der Waals surface area contributed by atoms with Crippen molar-refractivity contribution in [1.82, 2.24) is 20.9 Å². The van der Waals surface area contributed by atoms with Crippen molar-refractivity contribution in [2.75, 3.05) is 11.4 Å². The lowest BCUT2D eigenvalue weighted by Gasteiger charge is -2.45. The summed E-state index contributed by atoms with van der Waals surface area (Å²) in [6.07, 6.45) is 2.24. The highest BCUT2D eigenvalue weighted by Crippen LogP contribution is 2.32. The number of aromatic nitrogens is 1. The highest BCUT2D eigenvalue weighted by atomic mass is 16.5. The van der Waals surface area contributed by atoms with Crippen LogP contribution >= 0.6 is 0 Å². The van der Waals surface area contributed by atoms with E-state index < -0.39 is 29.4 Å². The van der Waals surface area contributed by atoms with Crippen LogP contribution in [0.5, 0.6) is 11.6 Å². The fourth-order valence-corrected chi connectivity index (χ4v) is 3.51. The number of imide groups is 2. The number of carbonyl (C=O) groups is 4. The molecule has 2 fully saturated rings. The summed E-state index contributed by atoms with van der Waals surface area (Å²) in [6, 6.07) is 9.04. The van der Waals surface area contributed by atoms with E-state index in [1.165, 1.54) is 23.9 Å². The maximum absolute atomic E-state index is 12.6. The normalized spacial score (nSPS) is 18.0. The number of hydrogen-bond donors (Lipinski definition) is 3. The number of urea groups is 2. The molecule has 2 aromatic rings. The number of rotatable bonds is 4. The number of hydrogen-bond acceptors (Lipinski definition) is 6. The molecular weight excluding hydrogens is 390 g/mol. The molecule has 2 aliphatic rings. The number of carbonyl (C=O) groups excluding carboxylic acids is 4. The third kappa shape index (κ3) is 3.21. The van der Waals surface area contributed by atoms with Gasteiger partial charge in [-0.2, -0.15) is 0 Å². The van der Waals surface area contributed by atoms with Gasteiger partial charge >= 0.3 is 12.1 Å². The van der Waals surface area contributed by atoms with Crippen LogP contribution in [0.25, 0.3) is 0 Å². The van der Waals surface area contributed by atoms with Crippen molar-refractivity contribution in [2.45, 2.75) is 25.3 Å². The van der Waals surface area contributed by atoms with Crippen LogP contribution in [0.1, 0.15) is 18.9 Å². The van der Waals surface area contributed by atoms with Gasteiger partial charge in [-0.05, 0) is 30.2 Å². The molecule has 0 radical (unpaired) electrons. The SMILES string of the molecule is CCc1ccc(Oc2ccc(N3C(=O)NCCC34C(=O)NC(=O)NC4=O)cn2)cc1. The van der Waals surface area contributed by atoms with Crippen molar-refractivity contribution in [3.8, 4) is 11.6 Å². The van der Waals surface area contributed by atoms with Crippen LogP contribution in [0.3, 0.4) is 0 Å². The number of pyridine rings is 1. The molecule has 154 valence electrons. The number of barbiturate groups is 1. The Bertz CT molecular complexity index is 999. The number of aryl methyl sites for hydroxylation is 1. The predicted octanol–water partition coefficient (Wildman–Crippen LogP) is 1.46. The Morgan fingerprint density at radius 2 is 1.73 bits per heavy atom. The Kier molecular flexibility index (Phi) is 4.82. The zero-order valence-electron chi connectivity index (χ0n) is 16.1. The minimum absolute atomic E-state index is 0.00822. The maximum atomic E-state index is 12.6. The van der Waals surface area contributed by atoms with Crippen molar-refractivity contribution in [2.24, 2.45) is 0 Å². The Hall–Kier alpha value is -3.95. The molecule has 2 aliphatic heterocycles. The van der Waals surface area contributed by atoms with E-state index in [-0.39, 0.29) is 24.5 Å². The molecule has 30 heavy (non-hydrogen) atoms. The smallest absolute Gasteiger partial charge is 0.328 e. The molecule has 0 unspecified atom stereocenters. The zero-order chi connectivity index (χ0) is 21.3. The van der Waals surface area contributed by atoms with Gasteiger partial charge in [-0.3, -0.25) is 25.1 Å². The molecule has 10 nitrogen and oxygen atoms in total. The quantitative estimate of drug-likeness (QED) is 0.656. The number of amides is 6. The van der Waals surface area contributed by atoms with E-state index in [9.17, 15) is 19.2 Å². The van der Waals surface area contributed by atoms with Crippen LogP contribution in [0, 0.1) is 0 Å². The summed E-state index contributed by atoms with van der Waals surface area (Å²) >= 11 is 0. The summed E-state index contributed by atoms with van der Waals surface area (Å²) in [5, 5.41) is 6.74. The predicted molar refractivity (Wildman–Crippen MR) is 105 cm³/mol. The Balaban J connectivity index is 1.62. The topological polar surface area (TPSA) is 130 Å². The van der Waals surface area contributed by atoms with Gasteiger partial charge in [0.25, 0.3) is 11.8 Å². The van der Waals surface area contributed by atoms with Crippen molar-refractivity contribution in [3.05, 3.63) is 48.2 Å². The van der Waals surface area contributed by atoms with Crippen molar-refractivity contribution in [1.29, 1.82) is 0 Å². The molecular formula is C20H19N5O5. The molecule has 4 rings (SSSR count). The van der Waals surface area contributed by atoms with Gasteiger partial charge in [0.05, 0.1) is 11.9 Å². The number of nitrogens with zero attached hydrogens (tertiary/aromatic N) is 2. The van der Waals surface area contributed by atoms with Crippen molar-refractivity contribution < 1.29 is 23.9 Å². The molecule has 6 amide bonds. The largest absolute Gasteiger partial charge is 0.439 e. The number of ether oxygens (including phenoxy) is 1. The molecule has 0 atom stereocenters. The first-order valence-corrected chi connectivity index (χ1v) is 9.42. The second-order valence-corrected chi connectivity index (χ2v) is 6.87. The van der Waals surface area contributed by atoms with Crippen LogP contribution in [0.4, 0.5) is 15.3 Å². The van der Waals surface area contributed by atoms with Gasteiger partial charge in [-0.15, -0.1) is 0 Å². The lowest BCUT2D eigenvalue weighted by atomic mass is 9.87. The van der Waals surface area contributed by atoms with E-state index in [4.69, 9.17) is 4.74 Å². The first-order valence-electron chi connectivity index (χ1n) is 9.42. The summed E-state index contributed by atoms with van der Waals surface area (Å²) in [7, 11) is 0. The maximum Gasteiger partial charge on any atom is 0.328 e. The molecule has 0 aliphatic carbocycles. The molecule has 1 spiro atoms. The first kappa shape index (κ1) is 19.4. The van der Waals surface area contributed by atoms with Gasteiger partial charge in [0.15, 0.2) is 0 Å². The molecule has 3 N–H and O–H groups in total. The summed E-state index contributed by atoms with van der Waals surface area (Å²) in [5.74, 6) is -0.837. The summed E-state index contributed by atoms with van der Waals surface area (Å²) in [4.78, 5) is 54.5. The third-order valence-corrected chi connectivity index (χ3v) is 5.09. The molecule has 0 bridgehead atoms. The van der Waals surface area contributed by atoms with Crippen LogP contribution < -0.4 is 25.6 Å². The van der Waals surface area contributed by atoms with Gasteiger partial charge < -0.3 is 10.1 Å². The second kappa shape index (κ2) is 7.47. The van der Waals surface area contributed by atoms with Crippen LogP contribution in [0.15, 0.2) is 42.6 Å². The van der Waals surface area contributed by atoms with Crippen LogP contribution in [-0.4, -0.2) is 40.9 Å². The van der Waals surface area contributed by atoms with E-state index in [0.717, 1.165) is 11.3 Å². The second-order valence-electron chi connectivity index (χ2n) is 6.87. The molecule has 1 aromatic carbocycles. The summed E-state index contributed by atoms with van der Waals surface area (Å²) in [5.41, 5.74) is -0.494. The van der Waals surface area contributed by atoms with Crippen molar-refractivity contribution >= 4 is 29.6 Å². The molecule has 0 saturated carbocycles. The minimum Gasteiger partial charge on any atom is -0.439 e. The molecule has 10 heteroatoms. The monoisotopic (exact) mass is 409 g/mol. The fourth-order valence-electron chi connectivity index (χ4n) is 3.51. The lowest BCUT2D eigenvalue weighted by molar-refractivity contribution is -0.138. The Morgan fingerprint density at radius 3 is 2.33 bits per heavy atom. The van der Waals surface area contributed by atoms with Gasteiger partial charge in [0, 0.05) is 19.0 Å². The Labute approximate surface area is 171 Å². The van der Waals surface area contributed by atoms with Crippen molar-refractivity contribution in [3.63, 3.8) is 0 Å². The van der Waals surface area contributed by atoms with Gasteiger partial charge in [0.1, 0.15) is 5.75 Å². The molecule has 1 aromatic heterocycles. The average Bonchev–Trinajstić information content (AvgIpc) is 2.73. The number of nitrogens with one attached hydrogen (secondary N) is 3. The lowest BCUT2D eigenvalue weighted by Crippen LogP contribution is -2.77. The first-order chi connectivity index (χ1) is 14.4. The van der Waals surface area contributed by atoms with E-state index in [1.807, 2.05) is 24.3 Å². The van der Waals surface area contributed by atoms with E-state index in [2.05, 4.69) is 27.9 Å². The minimum atomic E-state index is -1.88. The molecule has 3 heterocycles. The fraction of sp³-hybridized carbons (Fsp3) is 0.250. The van der Waals surface area contributed by atoms with Gasteiger partial charge in [-0.1, -0.05) is 19.1 Å². The summed E-state index contributed by atoms with van der Waals surface area (Å²) in [6.45, 7) is 2.16. The highest BCUT2D eigenvalue weighted by Gasteiger charge is 2.58. The van der Waals surface area contributed by atoms with E-state index in [0.29, 0.717) is 5.75 Å². The number of benzene rings is 1. The third-order valence-electron chi connectivity index (χ3n) is 5.09. The average molecular weight is 409 g/mol. The molecule has 2 saturated heterocycles. The van der Waals surface area contributed by atoms with Gasteiger partial charge in [-0.25, -0.2) is 14.6 Å². The zero-order valence-corrected chi connectivity index (χ0v) is 16.1. The summed E-state index contributed by atoms with van der Waals surface area (Å²) < 4.78 is 5.71. The standard InChI is InChI=1S/C20H19N5O5/c1-2-12-3-6-14(7-4-12)30-15-8-5-13(11-22-15)25-19(29)21-10-9-20(25)16(26)23-18(28)24-17(20)27/h3-8,11H,2,9-10H2,1H3,(H,21,29)(H2,23,24,26,27,28). The highest BCUT2D eigenvalue weighted by molar-refractivity contribution is 6.27. The van der Waals surface area contributed by atoms with Gasteiger partial charge in [0.2, 0.25) is 11.4 Å². The Morgan fingerprint density at radius 1 is 1.03 bits per heavy atom. The number of anilines is 1. The van der Waals surface area contributed by atoms with Crippen LogP contribution in [0.2, 0.25) is 0 Å². The van der Waals surface area contributed by atoms with Crippen LogP contribution in [-0.2, 0) is 16.0 Å².